The minimum Gasteiger partial charge on any atom is -0.374 e. The number of carbonyl (C=O) groups excluding carboxylic acids is 1. The molecule has 1 atom stereocenters. The highest BCUT2D eigenvalue weighted by Gasteiger charge is 2.31. The van der Waals surface area contributed by atoms with Crippen LogP contribution in [-0.4, -0.2) is 30.9 Å². The van der Waals surface area contributed by atoms with Crippen molar-refractivity contribution in [1.29, 1.82) is 0 Å². The molecular formula is C26H57NO2S. The summed E-state index contributed by atoms with van der Waals surface area (Å²) in [6.07, 6.45) is 16.4. The van der Waals surface area contributed by atoms with Crippen molar-refractivity contribution in [3.8, 4) is 0 Å². The van der Waals surface area contributed by atoms with Gasteiger partial charge in [0.1, 0.15) is 0 Å². The van der Waals surface area contributed by atoms with Crippen LogP contribution in [0.4, 0.5) is 0 Å². The molecule has 1 unspecified atom stereocenters. The van der Waals surface area contributed by atoms with E-state index >= 15 is 0 Å². The summed E-state index contributed by atoms with van der Waals surface area (Å²) < 4.78 is 6.13. The summed E-state index contributed by atoms with van der Waals surface area (Å²) in [5.41, 5.74) is -0.573. The van der Waals surface area contributed by atoms with Gasteiger partial charge in [-0.25, -0.2) is 0 Å². The van der Waals surface area contributed by atoms with Gasteiger partial charge in [-0.1, -0.05) is 92.4 Å². The number of unbranched alkanes of at least 4 members (excludes halogenated alkanes) is 7. The van der Waals surface area contributed by atoms with Gasteiger partial charge in [-0.15, -0.1) is 0 Å². The van der Waals surface area contributed by atoms with E-state index < -0.39 is 5.41 Å². The van der Waals surface area contributed by atoms with E-state index in [0.717, 1.165) is 32.2 Å². The van der Waals surface area contributed by atoms with Crippen molar-refractivity contribution in [1.82, 2.24) is 5.32 Å². The number of thiol groups is 1. The van der Waals surface area contributed by atoms with E-state index in [9.17, 15) is 4.79 Å². The molecule has 0 aliphatic carbocycles. The minimum absolute atomic E-state index is 0.106. The fourth-order valence-corrected chi connectivity index (χ4v) is 2.82. The van der Waals surface area contributed by atoms with Gasteiger partial charge in [0.2, 0.25) is 5.91 Å². The molecule has 0 rings (SSSR count). The fraction of sp³-hybridized carbons (Fsp3) is 0.962. The highest BCUT2D eigenvalue weighted by atomic mass is 32.1. The van der Waals surface area contributed by atoms with Crippen LogP contribution in [-0.2, 0) is 9.53 Å². The fourth-order valence-electron chi connectivity index (χ4n) is 2.82. The first-order valence-corrected chi connectivity index (χ1v) is 13.5. The number of amides is 1. The molecule has 0 heterocycles. The summed E-state index contributed by atoms with van der Waals surface area (Å²) >= 11 is 3.53. The Morgan fingerprint density at radius 1 is 0.767 bits per heavy atom. The Kier molecular flexibility index (Phi) is 26.9. The average molecular weight is 448 g/mol. The van der Waals surface area contributed by atoms with Crippen molar-refractivity contribution in [2.75, 3.05) is 19.4 Å². The predicted octanol–water partition coefficient (Wildman–Crippen LogP) is 8.22. The van der Waals surface area contributed by atoms with E-state index in [1.54, 1.807) is 6.26 Å². The van der Waals surface area contributed by atoms with E-state index in [4.69, 9.17) is 4.74 Å². The largest absolute Gasteiger partial charge is 0.374 e. The first-order valence-electron chi connectivity index (χ1n) is 12.6. The Hall–Kier alpha value is -0.220. The number of ether oxygens (including phenoxy) is 1. The highest BCUT2D eigenvalue weighted by molar-refractivity contribution is 7.79. The lowest BCUT2D eigenvalue weighted by molar-refractivity contribution is -0.138. The maximum atomic E-state index is 12.4. The van der Waals surface area contributed by atoms with E-state index in [1.165, 1.54) is 51.4 Å². The van der Waals surface area contributed by atoms with E-state index in [1.807, 2.05) is 13.8 Å². The van der Waals surface area contributed by atoms with E-state index in [-0.39, 0.29) is 11.5 Å². The molecule has 0 aromatic heterocycles. The molecule has 0 bridgehead atoms. The zero-order valence-corrected chi connectivity index (χ0v) is 23.1. The smallest absolute Gasteiger partial charge is 0.227 e. The quantitative estimate of drug-likeness (QED) is 0.185. The van der Waals surface area contributed by atoms with Crippen LogP contribution in [0.25, 0.3) is 0 Å². The van der Waals surface area contributed by atoms with Gasteiger partial charge in [0.05, 0.1) is 17.6 Å². The number of carbonyl (C=O) groups is 1. The Bertz CT molecular complexity index is 359. The molecule has 3 nitrogen and oxygen atoms in total. The van der Waals surface area contributed by atoms with Gasteiger partial charge in [0.25, 0.3) is 0 Å². The summed E-state index contributed by atoms with van der Waals surface area (Å²) in [7, 11) is 0. The highest BCUT2D eigenvalue weighted by Crippen LogP contribution is 2.26. The molecule has 0 saturated heterocycles. The molecule has 0 aliphatic heterocycles. The maximum Gasteiger partial charge on any atom is 0.227 e. The van der Waals surface area contributed by atoms with Crippen LogP contribution in [0.1, 0.15) is 132 Å². The Morgan fingerprint density at radius 3 is 1.70 bits per heavy atom. The molecule has 0 aliphatic rings. The summed E-state index contributed by atoms with van der Waals surface area (Å²) in [6.45, 7) is 18.3. The van der Waals surface area contributed by atoms with Gasteiger partial charge in [0, 0.05) is 6.54 Å². The standard InChI is InChI=1S/C21H43NO2.C4H10.CH4S/c1-7-10-11-12-13-14-15-17-22-19(23)20(4,5)18-24-21(6,9-3)16-8-2;1-3-4-2;1-2/h7-18H2,1-6H3,(H,22,23);3-4H2,1-2H3;2H,1H3. The minimum atomic E-state index is -0.467. The number of hydrogen-bond donors (Lipinski definition) is 2. The third kappa shape index (κ3) is 21.0. The van der Waals surface area contributed by atoms with Gasteiger partial charge in [-0.2, -0.15) is 12.6 Å². The topological polar surface area (TPSA) is 38.3 Å². The number of rotatable bonds is 16. The Morgan fingerprint density at radius 2 is 1.27 bits per heavy atom. The van der Waals surface area contributed by atoms with Crippen molar-refractivity contribution in [2.45, 2.75) is 138 Å². The molecule has 1 amide bonds. The first-order chi connectivity index (χ1) is 14.2. The van der Waals surface area contributed by atoms with Crippen molar-refractivity contribution in [2.24, 2.45) is 5.41 Å². The SMILES string of the molecule is CCCC.CCCCCCCCCNC(=O)C(C)(C)COC(C)(CC)CCC.CS. The summed E-state index contributed by atoms with van der Waals surface area (Å²) in [4.78, 5) is 12.4. The third-order valence-corrected chi connectivity index (χ3v) is 5.49. The summed E-state index contributed by atoms with van der Waals surface area (Å²) in [6, 6.07) is 0. The van der Waals surface area contributed by atoms with Gasteiger partial charge in [-0.3, -0.25) is 4.79 Å². The normalized spacial score (nSPS) is 12.7. The molecule has 0 aromatic rings. The second-order valence-electron chi connectivity index (χ2n) is 9.10. The van der Waals surface area contributed by atoms with Crippen LogP contribution in [0, 0.1) is 5.41 Å². The number of nitrogens with one attached hydrogen (secondary N) is 1. The van der Waals surface area contributed by atoms with Gasteiger partial charge >= 0.3 is 0 Å². The molecular weight excluding hydrogens is 390 g/mol. The lowest BCUT2D eigenvalue weighted by atomic mass is 9.91. The van der Waals surface area contributed by atoms with E-state index in [2.05, 4.69) is 59.5 Å². The molecule has 184 valence electrons. The summed E-state index contributed by atoms with van der Waals surface area (Å²) in [5.74, 6) is 0.114. The van der Waals surface area contributed by atoms with Gasteiger partial charge in [0.15, 0.2) is 0 Å². The Balaban J connectivity index is -0.00000108. The molecule has 0 spiro atoms. The van der Waals surface area contributed by atoms with Crippen LogP contribution >= 0.6 is 12.6 Å². The van der Waals surface area contributed by atoms with Crippen LogP contribution in [0.5, 0.6) is 0 Å². The monoisotopic (exact) mass is 447 g/mol. The molecule has 0 saturated carbocycles. The molecule has 1 N–H and O–H groups in total. The maximum absolute atomic E-state index is 12.4. The van der Waals surface area contributed by atoms with Gasteiger partial charge in [-0.05, 0) is 46.3 Å². The number of hydrogen-bond acceptors (Lipinski definition) is 3. The van der Waals surface area contributed by atoms with Crippen molar-refractivity contribution >= 4 is 18.5 Å². The second kappa shape index (κ2) is 23.4. The zero-order chi connectivity index (χ0) is 23.9. The lowest BCUT2D eigenvalue weighted by Gasteiger charge is -2.33. The average Bonchev–Trinajstić information content (AvgIpc) is 2.76. The van der Waals surface area contributed by atoms with Crippen LogP contribution in [0.15, 0.2) is 0 Å². The van der Waals surface area contributed by atoms with Crippen LogP contribution in [0.3, 0.4) is 0 Å². The van der Waals surface area contributed by atoms with Crippen LogP contribution < -0.4 is 5.32 Å². The lowest BCUT2D eigenvalue weighted by Crippen LogP contribution is -2.43. The first kappa shape index (κ1) is 34.4. The third-order valence-electron chi connectivity index (χ3n) is 5.49. The molecule has 0 radical (unpaired) electrons. The predicted molar refractivity (Wildman–Crippen MR) is 140 cm³/mol. The molecule has 4 heteroatoms. The van der Waals surface area contributed by atoms with Crippen molar-refractivity contribution < 1.29 is 9.53 Å². The zero-order valence-electron chi connectivity index (χ0n) is 22.2. The van der Waals surface area contributed by atoms with Crippen LogP contribution in [0.2, 0.25) is 0 Å². The molecule has 0 fully saturated rings. The van der Waals surface area contributed by atoms with Crippen molar-refractivity contribution in [3.05, 3.63) is 0 Å². The molecule has 30 heavy (non-hydrogen) atoms. The molecule has 0 aromatic carbocycles. The van der Waals surface area contributed by atoms with Gasteiger partial charge < -0.3 is 10.1 Å². The summed E-state index contributed by atoms with van der Waals surface area (Å²) in [5, 5.41) is 3.09. The second-order valence-corrected chi connectivity index (χ2v) is 9.10. The Labute approximate surface area is 196 Å². The van der Waals surface area contributed by atoms with Crippen molar-refractivity contribution in [3.63, 3.8) is 0 Å². The van der Waals surface area contributed by atoms with E-state index in [0.29, 0.717) is 6.61 Å².